The van der Waals surface area contributed by atoms with Crippen molar-refractivity contribution in [2.45, 2.75) is 19.4 Å². The van der Waals surface area contributed by atoms with E-state index in [0.717, 1.165) is 19.5 Å². The molecule has 0 aliphatic carbocycles. The molecule has 0 fully saturated rings. The Kier molecular flexibility index (Phi) is 4.44. The van der Waals surface area contributed by atoms with Gasteiger partial charge in [-0.05, 0) is 36.6 Å². The highest BCUT2D eigenvalue weighted by Gasteiger charge is 2.15. The summed E-state index contributed by atoms with van der Waals surface area (Å²) < 4.78 is 21.5. The van der Waals surface area contributed by atoms with Crippen LogP contribution in [0.4, 0.5) is 5.69 Å². The summed E-state index contributed by atoms with van der Waals surface area (Å²) in [7, 11) is -1.22. The molecule has 106 valence electrons. The van der Waals surface area contributed by atoms with Gasteiger partial charge in [0, 0.05) is 25.8 Å². The van der Waals surface area contributed by atoms with Crippen molar-refractivity contribution in [2.75, 3.05) is 30.8 Å². The van der Waals surface area contributed by atoms with Gasteiger partial charge >= 0.3 is 0 Å². The van der Waals surface area contributed by atoms with Gasteiger partial charge < -0.3 is 10.2 Å². The molecule has 6 heteroatoms. The molecule has 19 heavy (non-hydrogen) atoms. The van der Waals surface area contributed by atoms with Crippen molar-refractivity contribution in [3.8, 4) is 0 Å². The minimum Gasteiger partial charge on any atom is -0.374 e. The molecule has 1 aromatic rings. The molecule has 3 N–H and O–H groups in total. The summed E-state index contributed by atoms with van der Waals surface area (Å²) in [5.41, 5.74) is 3.95. The zero-order valence-electron chi connectivity index (χ0n) is 11.2. The van der Waals surface area contributed by atoms with Gasteiger partial charge in [-0.15, -0.1) is 0 Å². The first kappa shape index (κ1) is 14.3. The summed E-state index contributed by atoms with van der Waals surface area (Å²) in [6.07, 6.45) is 1.65. The standard InChI is InChI=1S/C13H21N3O2S/c1-16-7-5-12-9-11(3-4-13(12)16)10-15-6-2-8-19(14,17)18/h3-4,9,15H,2,5-8,10H2,1H3,(H2,14,17,18). The van der Waals surface area contributed by atoms with Gasteiger partial charge in [0.25, 0.3) is 0 Å². The van der Waals surface area contributed by atoms with Crippen LogP contribution in [-0.4, -0.2) is 34.3 Å². The molecule has 0 radical (unpaired) electrons. The second-order valence-electron chi connectivity index (χ2n) is 5.03. The fraction of sp³-hybridized carbons (Fsp3) is 0.538. The molecule has 0 atom stereocenters. The predicted octanol–water partition coefficient (Wildman–Crippen LogP) is 0.447. The topological polar surface area (TPSA) is 75.4 Å². The van der Waals surface area contributed by atoms with Crippen LogP contribution in [0.3, 0.4) is 0 Å². The number of nitrogens with one attached hydrogen (secondary N) is 1. The van der Waals surface area contributed by atoms with E-state index in [1.807, 2.05) is 0 Å². The zero-order chi connectivity index (χ0) is 13.9. The van der Waals surface area contributed by atoms with Crippen molar-refractivity contribution in [1.82, 2.24) is 5.32 Å². The van der Waals surface area contributed by atoms with Crippen LogP contribution < -0.4 is 15.4 Å². The van der Waals surface area contributed by atoms with E-state index in [-0.39, 0.29) is 5.75 Å². The molecule has 1 heterocycles. The Hall–Kier alpha value is -1.11. The minimum absolute atomic E-state index is 0.0367. The van der Waals surface area contributed by atoms with E-state index in [9.17, 15) is 8.42 Å². The van der Waals surface area contributed by atoms with E-state index in [4.69, 9.17) is 5.14 Å². The number of hydrogen-bond acceptors (Lipinski definition) is 4. The number of anilines is 1. The molecule has 1 aliphatic rings. The normalized spacial score (nSPS) is 14.7. The number of rotatable bonds is 6. The number of fused-ring (bicyclic) bond motifs is 1. The van der Waals surface area contributed by atoms with Crippen molar-refractivity contribution < 1.29 is 8.42 Å². The summed E-state index contributed by atoms with van der Waals surface area (Å²) in [6.45, 7) is 2.51. The summed E-state index contributed by atoms with van der Waals surface area (Å²) in [5.74, 6) is 0.0367. The Morgan fingerprint density at radius 2 is 2.21 bits per heavy atom. The van der Waals surface area contributed by atoms with E-state index in [2.05, 4.69) is 35.5 Å². The van der Waals surface area contributed by atoms with E-state index in [1.54, 1.807) is 0 Å². The van der Waals surface area contributed by atoms with Gasteiger partial charge in [-0.2, -0.15) is 0 Å². The quantitative estimate of drug-likeness (QED) is 0.743. The van der Waals surface area contributed by atoms with Crippen LogP contribution in [0.15, 0.2) is 18.2 Å². The van der Waals surface area contributed by atoms with Crippen LogP contribution in [0.2, 0.25) is 0 Å². The van der Waals surface area contributed by atoms with E-state index >= 15 is 0 Å². The monoisotopic (exact) mass is 283 g/mol. The molecule has 0 amide bonds. The average molecular weight is 283 g/mol. The smallest absolute Gasteiger partial charge is 0.209 e. The molecule has 1 aliphatic heterocycles. The lowest BCUT2D eigenvalue weighted by atomic mass is 10.1. The summed E-state index contributed by atoms with van der Waals surface area (Å²) in [6, 6.07) is 6.50. The van der Waals surface area contributed by atoms with E-state index in [0.29, 0.717) is 13.0 Å². The summed E-state index contributed by atoms with van der Waals surface area (Å²) >= 11 is 0. The van der Waals surface area contributed by atoms with Gasteiger partial charge in [-0.1, -0.05) is 12.1 Å². The second kappa shape index (κ2) is 5.90. The molecule has 5 nitrogen and oxygen atoms in total. The molecule has 0 spiro atoms. The van der Waals surface area contributed by atoms with Gasteiger partial charge in [-0.3, -0.25) is 0 Å². The molecule has 0 saturated carbocycles. The highest BCUT2D eigenvalue weighted by molar-refractivity contribution is 7.89. The van der Waals surface area contributed by atoms with Crippen molar-refractivity contribution in [3.05, 3.63) is 29.3 Å². The number of nitrogens with two attached hydrogens (primary N) is 1. The molecule has 1 aromatic carbocycles. The van der Waals surface area contributed by atoms with Gasteiger partial charge in [-0.25, -0.2) is 13.6 Å². The third-order valence-corrected chi connectivity index (χ3v) is 4.24. The number of primary sulfonamides is 1. The largest absolute Gasteiger partial charge is 0.374 e. The molecule has 0 unspecified atom stereocenters. The Labute approximate surface area is 114 Å². The number of likely N-dealkylation sites (N-methyl/N-ethyl adjacent to an activating group) is 1. The Morgan fingerprint density at radius 1 is 1.42 bits per heavy atom. The maximum Gasteiger partial charge on any atom is 0.209 e. The number of hydrogen-bond donors (Lipinski definition) is 2. The minimum atomic E-state index is -3.33. The van der Waals surface area contributed by atoms with Crippen molar-refractivity contribution in [2.24, 2.45) is 5.14 Å². The Balaban J connectivity index is 1.78. The number of sulfonamides is 1. The first-order valence-corrected chi connectivity index (χ1v) is 8.21. The maximum atomic E-state index is 10.8. The third kappa shape index (κ3) is 4.19. The van der Waals surface area contributed by atoms with Gasteiger partial charge in [0.1, 0.15) is 0 Å². The maximum absolute atomic E-state index is 10.8. The highest BCUT2D eigenvalue weighted by atomic mass is 32.2. The highest BCUT2D eigenvalue weighted by Crippen LogP contribution is 2.27. The van der Waals surface area contributed by atoms with Crippen LogP contribution in [0, 0.1) is 0 Å². The van der Waals surface area contributed by atoms with E-state index in [1.165, 1.54) is 16.8 Å². The van der Waals surface area contributed by atoms with Crippen LogP contribution >= 0.6 is 0 Å². The lowest BCUT2D eigenvalue weighted by molar-refractivity contribution is 0.590. The lowest BCUT2D eigenvalue weighted by Gasteiger charge is -2.12. The summed E-state index contributed by atoms with van der Waals surface area (Å²) in [5, 5.41) is 8.19. The molecule has 2 rings (SSSR count). The summed E-state index contributed by atoms with van der Waals surface area (Å²) in [4.78, 5) is 2.26. The van der Waals surface area contributed by atoms with Crippen LogP contribution in [-0.2, 0) is 23.0 Å². The predicted molar refractivity (Wildman–Crippen MR) is 77.7 cm³/mol. The number of nitrogens with zero attached hydrogens (tertiary/aromatic N) is 1. The average Bonchev–Trinajstić information content (AvgIpc) is 2.69. The van der Waals surface area contributed by atoms with Crippen molar-refractivity contribution in [3.63, 3.8) is 0 Å². The molecular formula is C13H21N3O2S. The van der Waals surface area contributed by atoms with Gasteiger partial charge in [0.2, 0.25) is 10.0 Å². The van der Waals surface area contributed by atoms with Crippen molar-refractivity contribution >= 4 is 15.7 Å². The van der Waals surface area contributed by atoms with Crippen LogP contribution in [0.25, 0.3) is 0 Å². The SMILES string of the molecule is CN1CCc2cc(CNCCCS(N)(=O)=O)ccc21. The first-order valence-electron chi connectivity index (χ1n) is 6.50. The Morgan fingerprint density at radius 3 is 2.95 bits per heavy atom. The number of benzene rings is 1. The Bertz CT molecular complexity index is 543. The lowest BCUT2D eigenvalue weighted by Crippen LogP contribution is -2.22. The van der Waals surface area contributed by atoms with E-state index < -0.39 is 10.0 Å². The molecular weight excluding hydrogens is 262 g/mol. The fourth-order valence-corrected chi connectivity index (χ4v) is 2.91. The molecule has 0 saturated heterocycles. The third-order valence-electron chi connectivity index (χ3n) is 3.38. The van der Waals surface area contributed by atoms with Crippen LogP contribution in [0.1, 0.15) is 17.5 Å². The first-order chi connectivity index (χ1) is 8.96. The molecule has 0 aromatic heterocycles. The van der Waals surface area contributed by atoms with Gasteiger partial charge in [0.15, 0.2) is 0 Å². The van der Waals surface area contributed by atoms with Crippen LogP contribution in [0.5, 0.6) is 0 Å². The fourth-order valence-electron chi connectivity index (χ4n) is 2.36. The zero-order valence-corrected chi connectivity index (χ0v) is 12.0. The van der Waals surface area contributed by atoms with Gasteiger partial charge in [0.05, 0.1) is 5.75 Å². The second-order valence-corrected chi connectivity index (χ2v) is 6.77. The molecule has 0 bridgehead atoms. The van der Waals surface area contributed by atoms with Crippen molar-refractivity contribution in [1.29, 1.82) is 0 Å².